The fraction of sp³-hybridized carbons (Fsp3) is 0.0952. The molecule has 0 bridgehead atoms. The minimum absolute atomic E-state index is 0.0970. The molecule has 4 rings (SSSR count). The average molecular weight is 348 g/mol. The number of ether oxygens (including phenoxy) is 2. The van der Waals surface area contributed by atoms with Gasteiger partial charge >= 0.3 is 0 Å². The number of methoxy groups -OCH3 is 2. The van der Waals surface area contributed by atoms with Gasteiger partial charge < -0.3 is 19.0 Å². The number of phenols is 1. The van der Waals surface area contributed by atoms with Gasteiger partial charge in [-0.1, -0.05) is 24.3 Å². The fourth-order valence-electron chi connectivity index (χ4n) is 3.17. The van der Waals surface area contributed by atoms with Crippen molar-refractivity contribution in [1.29, 1.82) is 0 Å². The third kappa shape index (κ3) is 2.37. The minimum Gasteiger partial charge on any atom is -0.507 e. The lowest BCUT2D eigenvalue weighted by atomic mass is 9.99. The summed E-state index contributed by atoms with van der Waals surface area (Å²) in [6.45, 7) is 0. The van der Waals surface area contributed by atoms with E-state index in [0.717, 1.165) is 5.56 Å². The Hall–Kier alpha value is -3.47. The summed E-state index contributed by atoms with van der Waals surface area (Å²) in [6, 6.07) is 15.6. The molecule has 3 aromatic carbocycles. The molecule has 26 heavy (non-hydrogen) atoms. The Bertz CT molecular complexity index is 1190. The Morgan fingerprint density at radius 3 is 2.27 bits per heavy atom. The zero-order chi connectivity index (χ0) is 18.3. The SMILES string of the molecule is COc1ccc(-c2cccc3oc4cccc(O)c4c(=O)c23)cc1OC. The highest BCUT2D eigenvalue weighted by Gasteiger charge is 2.16. The van der Waals surface area contributed by atoms with E-state index < -0.39 is 0 Å². The van der Waals surface area contributed by atoms with Crippen LogP contribution in [0.5, 0.6) is 17.2 Å². The maximum Gasteiger partial charge on any atom is 0.204 e. The van der Waals surface area contributed by atoms with Crippen molar-refractivity contribution in [2.75, 3.05) is 14.2 Å². The molecule has 0 fully saturated rings. The van der Waals surface area contributed by atoms with Gasteiger partial charge in [-0.25, -0.2) is 0 Å². The predicted octanol–water partition coefficient (Wildman–Crippen LogP) is 4.34. The van der Waals surface area contributed by atoms with Crippen LogP contribution >= 0.6 is 0 Å². The summed E-state index contributed by atoms with van der Waals surface area (Å²) in [5.74, 6) is 1.07. The molecule has 5 nitrogen and oxygen atoms in total. The number of hydrogen-bond donors (Lipinski definition) is 1. The summed E-state index contributed by atoms with van der Waals surface area (Å²) in [5, 5.41) is 10.7. The van der Waals surface area contributed by atoms with E-state index in [1.165, 1.54) is 6.07 Å². The largest absolute Gasteiger partial charge is 0.507 e. The van der Waals surface area contributed by atoms with Gasteiger partial charge in [-0.15, -0.1) is 0 Å². The number of benzene rings is 3. The fourth-order valence-corrected chi connectivity index (χ4v) is 3.17. The summed E-state index contributed by atoms with van der Waals surface area (Å²) >= 11 is 0. The van der Waals surface area contributed by atoms with Crippen LogP contribution < -0.4 is 14.9 Å². The summed E-state index contributed by atoms with van der Waals surface area (Å²) in [7, 11) is 3.13. The number of rotatable bonds is 3. The second kappa shape index (κ2) is 6.11. The van der Waals surface area contributed by atoms with Crippen LogP contribution in [0.2, 0.25) is 0 Å². The Kier molecular flexibility index (Phi) is 3.77. The Labute approximate surface area is 149 Å². The Morgan fingerprint density at radius 2 is 1.54 bits per heavy atom. The van der Waals surface area contributed by atoms with E-state index in [0.29, 0.717) is 33.6 Å². The van der Waals surface area contributed by atoms with Crippen LogP contribution in [-0.2, 0) is 0 Å². The highest BCUT2D eigenvalue weighted by Crippen LogP contribution is 2.35. The van der Waals surface area contributed by atoms with Crippen LogP contribution in [-0.4, -0.2) is 19.3 Å². The van der Waals surface area contributed by atoms with Crippen LogP contribution in [0, 0.1) is 0 Å². The van der Waals surface area contributed by atoms with E-state index in [1.807, 2.05) is 24.3 Å². The first kappa shape index (κ1) is 16.0. The summed E-state index contributed by atoms with van der Waals surface area (Å²) < 4.78 is 16.5. The molecule has 4 aromatic rings. The molecule has 0 spiro atoms. The van der Waals surface area contributed by atoms with Crippen molar-refractivity contribution in [3.63, 3.8) is 0 Å². The van der Waals surface area contributed by atoms with Crippen LogP contribution in [0.4, 0.5) is 0 Å². The normalized spacial score (nSPS) is 11.0. The topological polar surface area (TPSA) is 68.9 Å². The van der Waals surface area contributed by atoms with Crippen molar-refractivity contribution in [3.05, 3.63) is 64.8 Å². The molecule has 0 amide bonds. The van der Waals surface area contributed by atoms with Crippen molar-refractivity contribution in [1.82, 2.24) is 0 Å². The maximum atomic E-state index is 13.1. The number of phenolic OH excluding ortho intramolecular Hbond substituents is 1. The first-order valence-corrected chi connectivity index (χ1v) is 8.04. The standard InChI is InChI=1S/C21H16O5/c1-24-15-10-9-12(11-18(15)25-2)13-5-3-7-16-19(13)21(23)20-14(22)6-4-8-17(20)26-16/h3-11,22H,1-2H3. The summed E-state index contributed by atoms with van der Waals surface area (Å²) in [6.07, 6.45) is 0. The molecule has 1 heterocycles. The smallest absolute Gasteiger partial charge is 0.204 e. The molecule has 0 unspecified atom stereocenters. The lowest BCUT2D eigenvalue weighted by Gasteiger charge is -2.11. The van der Waals surface area contributed by atoms with Crippen molar-refractivity contribution < 1.29 is 19.0 Å². The van der Waals surface area contributed by atoms with Gasteiger partial charge in [0, 0.05) is 0 Å². The molecular weight excluding hydrogens is 332 g/mol. The predicted molar refractivity (Wildman–Crippen MR) is 100 cm³/mol. The molecule has 0 aliphatic carbocycles. The zero-order valence-electron chi connectivity index (χ0n) is 14.3. The van der Waals surface area contributed by atoms with E-state index in [9.17, 15) is 9.90 Å². The molecule has 0 saturated heterocycles. The molecule has 1 N–H and O–H groups in total. The molecule has 130 valence electrons. The van der Waals surface area contributed by atoms with Gasteiger partial charge in [0.25, 0.3) is 0 Å². The first-order chi connectivity index (χ1) is 12.6. The lowest BCUT2D eigenvalue weighted by molar-refractivity contribution is 0.355. The minimum atomic E-state index is -0.273. The van der Waals surface area contributed by atoms with Gasteiger partial charge in [-0.05, 0) is 41.5 Å². The molecule has 5 heteroatoms. The van der Waals surface area contributed by atoms with Gasteiger partial charge in [0.1, 0.15) is 22.3 Å². The number of aromatic hydroxyl groups is 1. The molecule has 1 aromatic heterocycles. The molecule has 0 aliphatic rings. The summed E-state index contributed by atoms with van der Waals surface area (Å²) in [5.41, 5.74) is 2.02. The van der Waals surface area contributed by atoms with Crippen LogP contribution in [0.3, 0.4) is 0 Å². The van der Waals surface area contributed by atoms with Gasteiger partial charge in [-0.3, -0.25) is 4.79 Å². The van der Waals surface area contributed by atoms with Crippen molar-refractivity contribution >= 4 is 21.9 Å². The van der Waals surface area contributed by atoms with Crippen molar-refractivity contribution in [2.45, 2.75) is 0 Å². The average Bonchev–Trinajstić information content (AvgIpc) is 2.67. The highest BCUT2D eigenvalue weighted by molar-refractivity contribution is 6.00. The second-order valence-corrected chi connectivity index (χ2v) is 5.83. The van der Waals surface area contributed by atoms with E-state index >= 15 is 0 Å². The van der Waals surface area contributed by atoms with E-state index in [1.54, 1.807) is 38.5 Å². The summed E-state index contributed by atoms with van der Waals surface area (Å²) in [4.78, 5) is 13.1. The Morgan fingerprint density at radius 1 is 0.846 bits per heavy atom. The third-order valence-corrected chi connectivity index (χ3v) is 4.40. The molecular formula is C21H16O5. The van der Waals surface area contributed by atoms with Gasteiger partial charge in [0.2, 0.25) is 5.43 Å². The van der Waals surface area contributed by atoms with Crippen molar-refractivity contribution in [3.8, 4) is 28.4 Å². The van der Waals surface area contributed by atoms with E-state index in [2.05, 4.69) is 0 Å². The van der Waals surface area contributed by atoms with Gasteiger partial charge in [0.15, 0.2) is 11.5 Å². The van der Waals surface area contributed by atoms with Gasteiger partial charge in [-0.2, -0.15) is 0 Å². The quantitative estimate of drug-likeness (QED) is 0.558. The number of fused-ring (bicyclic) bond motifs is 2. The lowest BCUT2D eigenvalue weighted by Crippen LogP contribution is -2.04. The molecule has 0 saturated carbocycles. The maximum absolute atomic E-state index is 13.1. The molecule has 0 atom stereocenters. The zero-order valence-corrected chi connectivity index (χ0v) is 14.3. The van der Waals surface area contributed by atoms with Crippen LogP contribution in [0.25, 0.3) is 33.1 Å². The number of hydrogen-bond acceptors (Lipinski definition) is 5. The van der Waals surface area contributed by atoms with Gasteiger partial charge in [0.05, 0.1) is 19.6 Å². The second-order valence-electron chi connectivity index (χ2n) is 5.83. The molecule has 0 aliphatic heterocycles. The van der Waals surface area contributed by atoms with E-state index in [-0.39, 0.29) is 16.6 Å². The van der Waals surface area contributed by atoms with Crippen molar-refractivity contribution in [2.24, 2.45) is 0 Å². The molecule has 0 radical (unpaired) electrons. The highest BCUT2D eigenvalue weighted by atomic mass is 16.5. The van der Waals surface area contributed by atoms with Crippen LogP contribution in [0.15, 0.2) is 63.8 Å². The first-order valence-electron chi connectivity index (χ1n) is 8.04. The van der Waals surface area contributed by atoms with Crippen LogP contribution in [0.1, 0.15) is 0 Å². The Balaban J connectivity index is 2.08. The van der Waals surface area contributed by atoms with E-state index in [4.69, 9.17) is 13.9 Å². The third-order valence-electron chi connectivity index (χ3n) is 4.40. The monoisotopic (exact) mass is 348 g/mol.